The van der Waals surface area contributed by atoms with Gasteiger partial charge in [-0.05, 0) is 79.8 Å². The van der Waals surface area contributed by atoms with Gasteiger partial charge >= 0.3 is 5.97 Å². The van der Waals surface area contributed by atoms with Gasteiger partial charge in [-0.1, -0.05) is 48.9 Å². The number of ether oxygens (including phenoxy) is 2. The Kier molecular flexibility index (Phi) is 8.31. The molecule has 2 heterocycles. The van der Waals surface area contributed by atoms with Crippen molar-refractivity contribution in [2.45, 2.75) is 62.6 Å². The van der Waals surface area contributed by atoms with Gasteiger partial charge in [0.05, 0.1) is 11.5 Å². The van der Waals surface area contributed by atoms with Gasteiger partial charge < -0.3 is 9.47 Å². The van der Waals surface area contributed by atoms with Crippen LogP contribution in [0.3, 0.4) is 0 Å². The van der Waals surface area contributed by atoms with E-state index in [1.807, 2.05) is 55.5 Å². The van der Waals surface area contributed by atoms with Crippen LogP contribution in [-0.2, 0) is 26.1 Å². The van der Waals surface area contributed by atoms with Crippen molar-refractivity contribution < 1.29 is 22.7 Å². The monoisotopic (exact) mass is 536 g/mol. The van der Waals surface area contributed by atoms with Crippen LogP contribution in [0.15, 0.2) is 71.6 Å². The molecular formula is C30H36N2O5S. The average Bonchev–Trinajstić information content (AvgIpc) is 2.94. The van der Waals surface area contributed by atoms with E-state index in [0.29, 0.717) is 44.0 Å². The molecule has 1 atom stereocenters. The number of hydrogen-bond acceptors (Lipinski definition) is 6. The van der Waals surface area contributed by atoms with Crippen molar-refractivity contribution in [2.75, 3.05) is 26.2 Å². The van der Waals surface area contributed by atoms with E-state index >= 15 is 0 Å². The molecule has 7 nitrogen and oxygen atoms in total. The molecule has 0 bridgehead atoms. The standard InChI is InChI=1S/C30H36N2O5S/c1-2-36-30(33)29-12-5-6-17-31(29)22-23-8-7-11-27(20-23)37-26-15-18-32(19-16-26)38(34,35)28-14-13-24-9-3-4-10-25(24)21-28/h3-4,7-11,13-14,20-21,26,29H,2,5-6,12,15-19,22H2,1H3. The van der Waals surface area contributed by atoms with E-state index in [1.165, 1.54) is 0 Å². The smallest absolute Gasteiger partial charge is 0.323 e. The molecule has 0 amide bonds. The summed E-state index contributed by atoms with van der Waals surface area (Å²) < 4.78 is 39.7. The first-order chi connectivity index (χ1) is 18.4. The molecule has 0 aromatic heterocycles. The number of hydrogen-bond donors (Lipinski definition) is 0. The predicted octanol–water partition coefficient (Wildman–Crippen LogP) is 4.99. The molecule has 2 aliphatic heterocycles. The number of esters is 1. The van der Waals surface area contributed by atoms with Gasteiger partial charge in [0.25, 0.3) is 0 Å². The molecule has 0 N–H and O–H groups in total. The zero-order valence-corrected chi connectivity index (χ0v) is 22.7. The van der Waals surface area contributed by atoms with Crippen molar-refractivity contribution in [3.05, 3.63) is 72.3 Å². The van der Waals surface area contributed by atoms with Crippen molar-refractivity contribution in [1.82, 2.24) is 9.21 Å². The SMILES string of the molecule is CCOC(=O)C1CCCCN1Cc1cccc(OC2CCN(S(=O)(=O)c3ccc4ccccc4c3)CC2)c1. The van der Waals surface area contributed by atoms with Gasteiger partial charge in [0, 0.05) is 19.6 Å². The molecule has 0 spiro atoms. The Balaban J connectivity index is 1.19. The number of nitrogens with zero attached hydrogens (tertiary/aromatic N) is 2. The molecule has 2 saturated heterocycles. The van der Waals surface area contributed by atoms with Gasteiger partial charge in [0.15, 0.2) is 0 Å². The summed E-state index contributed by atoms with van der Waals surface area (Å²) in [6, 6.07) is 20.9. The number of carbonyl (C=O) groups is 1. The number of rotatable bonds is 8. The maximum Gasteiger partial charge on any atom is 0.323 e. The summed E-state index contributed by atoms with van der Waals surface area (Å²) in [4.78, 5) is 15.0. The maximum atomic E-state index is 13.3. The lowest BCUT2D eigenvalue weighted by Gasteiger charge is -2.34. The molecule has 202 valence electrons. The quantitative estimate of drug-likeness (QED) is 0.378. The molecule has 3 aromatic rings. The lowest BCUT2D eigenvalue weighted by molar-refractivity contribution is -0.151. The second kappa shape index (κ2) is 11.8. The van der Waals surface area contributed by atoms with Gasteiger partial charge in [0.2, 0.25) is 10.0 Å². The molecule has 38 heavy (non-hydrogen) atoms. The largest absolute Gasteiger partial charge is 0.490 e. The first-order valence-corrected chi connectivity index (χ1v) is 15.0. The van der Waals surface area contributed by atoms with Crippen LogP contribution >= 0.6 is 0 Å². The van der Waals surface area contributed by atoms with Crippen LogP contribution in [-0.4, -0.2) is 62.0 Å². The average molecular weight is 537 g/mol. The number of piperidine rings is 2. The second-order valence-electron chi connectivity index (χ2n) is 10.1. The van der Waals surface area contributed by atoms with Crippen molar-refractivity contribution in [1.29, 1.82) is 0 Å². The number of carbonyl (C=O) groups excluding carboxylic acids is 1. The Bertz CT molecular complexity index is 1370. The fourth-order valence-electron chi connectivity index (χ4n) is 5.50. The minimum atomic E-state index is -3.55. The summed E-state index contributed by atoms with van der Waals surface area (Å²) in [5.41, 5.74) is 1.09. The maximum absolute atomic E-state index is 13.3. The molecule has 8 heteroatoms. The topological polar surface area (TPSA) is 76.2 Å². The van der Waals surface area contributed by atoms with Crippen molar-refractivity contribution in [3.63, 3.8) is 0 Å². The van der Waals surface area contributed by atoms with Gasteiger partial charge in [-0.2, -0.15) is 4.31 Å². The van der Waals surface area contributed by atoms with Crippen LogP contribution in [0.2, 0.25) is 0 Å². The Morgan fingerprint density at radius 3 is 2.47 bits per heavy atom. The Hall–Kier alpha value is -2.94. The van der Waals surface area contributed by atoms with Crippen molar-refractivity contribution >= 4 is 26.8 Å². The highest BCUT2D eigenvalue weighted by atomic mass is 32.2. The summed E-state index contributed by atoms with van der Waals surface area (Å²) in [5, 5.41) is 1.95. The predicted molar refractivity (Wildman–Crippen MR) is 147 cm³/mol. The first-order valence-electron chi connectivity index (χ1n) is 13.6. The van der Waals surface area contributed by atoms with Gasteiger partial charge in [-0.25, -0.2) is 8.42 Å². The highest BCUT2D eigenvalue weighted by Gasteiger charge is 2.31. The van der Waals surface area contributed by atoms with Crippen LogP contribution in [0.5, 0.6) is 5.75 Å². The third-order valence-corrected chi connectivity index (χ3v) is 9.41. The molecule has 3 aromatic carbocycles. The summed E-state index contributed by atoms with van der Waals surface area (Å²) in [5.74, 6) is 0.646. The minimum Gasteiger partial charge on any atom is -0.490 e. The highest BCUT2D eigenvalue weighted by molar-refractivity contribution is 7.89. The van der Waals surface area contributed by atoms with Crippen LogP contribution in [0, 0.1) is 0 Å². The Morgan fingerprint density at radius 1 is 0.895 bits per heavy atom. The van der Waals surface area contributed by atoms with E-state index in [4.69, 9.17) is 9.47 Å². The van der Waals surface area contributed by atoms with Crippen molar-refractivity contribution in [3.8, 4) is 5.75 Å². The number of sulfonamides is 1. The van der Waals surface area contributed by atoms with E-state index in [-0.39, 0.29) is 18.1 Å². The molecule has 0 saturated carbocycles. The van der Waals surface area contributed by atoms with Gasteiger partial charge in [-0.3, -0.25) is 9.69 Å². The van der Waals surface area contributed by atoms with Crippen LogP contribution < -0.4 is 4.74 Å². The number of likely N-dealkylation sites (tertiary alicyclic amines) is 1. The zero-order valence-electron chi connectivity index (χ0n) is 21.9. The van der Waals surface area contributed by atoms with Crippen LogP contribution in [0.4, 0.5) is 0 Å². The Morgan fingerprint density at radius 2 is 1.68 bits per heavy atom. The molecule has 2 aliphatic rings. The highest BCUT2D eigenvalue weighted by Crippen LogP contribution is 2.27. The van der Waals surface area contributed by atoms with E-state index in [2.05, 4.69) is 11.0 Å². The normalized spacial score (nSPS) is 19.9. The second-order valence-corrected chi connectivity index (χ2v) is 12.0. The summed E-state index contributed by atoms with van der Waals surface area (Å²) in [6.07, 6.45) is 4.17. The van der Waals surface area contributed by atoms with E-state index in [1.54, 1.807) is 16.4 Å². The first kappa shape index (κ1) is 26.7. The van der Waals surface area contributed by atoms with E-state index in [0.717, 1.165) is 47.9 Å². The molecule has 0 radical (unpaired) electrons. The molecular weight excluding hydrogens is 500 g/mol. The zero-order chi connectivity index (χ0) is 26.5. The van der Waals surface area contributed by atoms with Crippen LogP contribution in [0.1, 0.15) is 44.6 Å². The van der Waals surface area contributed by atoms with Gasteiger partial charge in [-0.15, -0.1) is 0 Å². The third-order valence-electron chi connectivity index (χ3n) is 7.52. The van der Waals surface area contributed by atoms with E-state index < -0.39 is 10.0 Å². The lowest BCUT2D eigenvalue weighted by Crippen LogP contribution is -2.44. The fourth-order valence-corrected chi connectivity index (χ4v) is 7.00. The third kappa shape index (κ3) is 6.03. The molecule has 2 fully saturated rings. The molecule has 1 unspecified atom stereocenters. The summed E-state index contributed by atoms with van der Waals surface area (Å²) >= 11 is 0. The molecule has 5 rings (SSSR count). The number of fused-ring (bicyclic) bond motifs is 1. The fraction of sp³-hybridized carbons (Fsp3) is 0.433. The van der Waals surface area contributed by atoms with E-state index in [9.17, 15) is 13.2 Å². The number of benzene rings is 3. The van der Waals surface area contributed by atoms with Gasteiger partial charge in [0.1, 0.15) is 17.9 Å². The minimum absolute atomic E-state index is 0.0458. The Labute approximate surface area is 225 Å². The van der Waals surface area contributed by atoms with Crippen molar-refractivity contribution in [2.24, 2.45) is 0 Å². The van der Waals surface area contributed by atoms with Crippen LogP contribution in [0.25, 0.3) is 10.8 Å². The lowest BCUT2D eigenvalue weighted by atomic mass is 10.0. The summed E-state index contributed by atoms with van der Waals surface area (Å²) in [7, 11) is -3.55. The molecule has 0 aliphatic carbocycles. The summed E-state index contributed by atoms with van der Waals surface area (Å²) in [6.45, 7) is 4.63.